The van der Waals surface area contributed by atoms with Gasteiger partial charge in [0.2, 0.25) is 0 Å². The molecule has 0 aromatic heterocycles. The van der Waals surface area contributed by atoms with Crippen LogP contribution in [0, 0.1) is 0 Å². The Kier molecular flexibility index (Phi) is 4.77. The van der Waals surface area contributed by atoms with E-state index in [1.807, 2.05) is 71.7 Å². The largest absolute Gasteiger partial charge is 0.504 e. The standard InChI is InChI=1S/C20H18N2O2/c1-24-19-14-8-9-16(20(19)23)15-21-22(17-10-4-2-5-11-17)18-12-6-3-7-13-18/h2-15,23H,1H3/b21-15+. The van der Waals surface area contributed by atoms with Crippen LogP contribution in [0.3, 0.4) is 0 Å². The van der Waals surface area contributed by atoms with Crippen LogP contribution in [0.4, 0.5) is 11.4 Å². The summed E-state index contributed by atoms with van der Waals surface area (Å²) in [5.41, 5.74) is 2.45. The first-order valence-corrected chi connectivity index (χ1v) is 7.60. The quantitative estimate of drug-likeness (QED) is 0.553. The molecule has 3 rings (SSSR count). The summed E-state index contributed by atoms with van der Waals surface area (Å²) in [4.78, 5) is 0. The number of ether oxygens (including phenoxy) is 1. The molecule has 4 nitrogen and oxygen atoms in total. The number of para-hydroxylation sites is 3. The second-order valence-electron chi connectivity index (χ2n) is 5.13. The number of phenolic OH excluding ortho intramolecular Hbond substituents is 1. The van der Waals surface area contributed by atoms with Gasteiger partial charge in [-0.1, -0.05) is 42.5 Å². The normalized spacial score (nSPS) is 10.7. The number of hydrogen-bond acceptors (Lipinski definition) is 4. The Morgan fingerprint density at radius 1 is 0.833 bits per heavy atom. The molecule has 24 heavy (non-hydrogen) atoms. The van der Waals surface area contributed by atoms with Gasteiger partial charge >= 0.3 is 0 Å². The van der Waals surface area contributed by atoms with Crippen molar-refractivity contribution in [3.63, 3.8) is 0 Å². The van der Waals surface area contributed by atoms with Gasteiger partial charge in [-0.15, -0.1) is 0 Å². The number of methoxy groups -OCH3 is 1. The zero-order valence-electron chi connectivity index (χ0n) is 13.3. The fourth-order valence-electron chi connectivity index (χ4n) is 2.35. The molecule has 120 valence electrons. The van der Waals surface area contributed by atoms with Crippen molar-refractivity contribution < 1.29 is 9.84 Å². The van der Waals surface area contributed by atoms with E-state index in [1.54, 1.807) is 18.3 Å². The van der Waals surface area contributed by atoms with Gasteiger partial charge in [-0.05, 0) is 36.4 Å². The SMILES string of the molecule is COc1cccc(/C=N/N(c2ccccc2)c2ccccc2)c1O. The minimum Gasteiger partial charge on any atom is -0.504 e. The van der Waals surface area contributed by atoms with Gasteiger partial charge in [0.1, 0.15) is 0 Å². The number of aromatic hydroxyl groups is 1. The fraction of sp³-hybridized carbons (Fsp3) is 0.0500. The number of benzene rings is 3. The average molecular weight is 318 g/mol. The first kappa shape index (κ1) is 15.6. The highest BCUT2D eigenvalue weighted by Gasteiger charge is 2.09. The van der Waals surface area contributed by atoms with Crippen LogP contribution in [-0.4, -0.2) is 18.4 Å². The Hall–Kier alpha value is -3.27. The average Bonchev–Trinajstić information content (AvgIpc) is 2.65. The number of rotatable bonds is 5. The molecule has 0 saturated carbocycles. The molecule has 0 radical (unpaired) electrons. The number of anilines is 2. The molecule has 0 atom stereocenters. The maximum absolute atomic E-state index is 10.2. The van der Waals surface area contributed by atoms with Crippen LogP contribution in [0.25, 0.3) is 0 Å². The third-order valence-electron chi connectivity index (χ3n) is 3.56. The van der Waals surface area contributed by atoms with Crippen molar-refractivity contribution >= 4 is 17.6 Å². The highest BCUT2D eigenvalue weighted by molar-refractivity contribution is 5.86. The predicted molar refractivity (Wildman–Crippen MR) is 97.3 cm³/mol. The third-order valence-corrected chi connectivity index (χ3v) is 3.56. The maximum Gasteiger partial charge on any atom is 0.166 e. The van der Waals surface area contributed by atoms with E-state index in [4.69, 9.17) is 4.74 Å². The molecule has 0 saturated heterocycles. The Bertz CT molecular complexity index is 778. The van der Waals surface area contributed by atoms with Gasteiger partial charge in [-0.3, -0.25) is 0 Å². The van der Waals surface area contributed by atoms with Crippen LogP contribution in [-0.2, 0) is 0 Å². The van der Waals surface area contributed by atoms with Crippen molar-refractivity contribution in [2.75, 3.05) is 12.1 Å². The zero-order chi connectivity index (χ0) is 16.8. The second-order valence-corrected chi connectivity index (χ2v) is 5.13. The summed E-state index contributed by atoms with van der Waals surface area (Å²) in [5, 5.41) is 16.6. The van der Waals surface area contributed by atoms with Crippen LogP contribution in [0.2, 0.25) is 0 Å². The summed E-state index contributed by atoms with van der Waals surface area (Å²) in [5.74, 6) is 0.495. The minimum atomic E-state index is 0.0739. The summed E-state index contributed by atoms with van der Waals surface area (Å²) in [6.45, 7) is 0. The molecule has 0 spiro atoms. The maximum atomic E-state index is 10.2. The molecule has 0 aliphatic rings. The van der Waals surface area contributed by atoms with Gasteiger partial charge in [0.15, 0.2) is 11.5 Å². The van der Waals surface area contributed by atoms with E-state index >= 15 is 0 Å². The summed E-state index contributed by atoms with van der Waals surface area (Å²) in [7, 11) is 1.52. The van der Waals surface area contributed by atoms with Gasteiger partial charge < -0.3 is 9.84 Å². The van der Waals surface area contributed by atoms with Crippen molar-refractivity contribution in [2.24, 2.45) is 5.10 Å². The molecular weight excluding hydrogens is 300 g/mol. The van der Waals surface area contributed by atoms with E-state index in [1.165, 1.54) is 7.11 Å². The van der Waals surface area contributed by atoms with Crippen LogP contribution in [0.5, 0.6) is 11.5 Å². The topological polar surface area (TPSA) is 45.1 Å². The summed E-state index contributed by atoms with van der Waals surface area (Å²) in [6, 6.07) is 25.0. The molecule has 1 N–H and O–H groups in total. The van der Waals surface area contributed by atoms with Gasteiger partial charge in [-0.25, -0.2) is 5.01 Å². The predicted octanol–water partition coefficient (Wildman–Crippen LogP) is 4.57. The molecule has 0 bridgehead atoms. The molecule has 0 fully saturated rings. The summed E-state index contributed by atoms with van der Waals surface area (Å²) in [6.07, 6.45) is 1.62. The molecule has 0 heterocycles. The van der Waals surface area contributed by atoms with Gasteiger partial charge in [0, 0.05) is 5.56 Å². The number of hydrogen-bond donors (Lipinski definition) is 1. The Morgan fingerprint density at radius 3 is 1.96 bits per heavy atom. The van der Waals surface area contributed by atoms with Crippen LogP contribution < -0.4 is 9.75 Å². The number of hydrazone groups is 1. The van der Waals surface area contributed by atoms with E-state index in [9.17, 15) is 5.11 Å². The van der Waals surface area contributed by atoms with E-state index in [0.717, 1.165) is 11.4 Å². The summed E-state index contributed by atoms with van der Waals surface area (Å²) < 4.78 is 5.14. The van der Waals surface area contributed by atoms with Crippen molar-refractivity contribution in [1.82, 2.24) is 0 Å². The molecule has 0 unspecified atom stereocenters. The lowest BCUT2D eigenvalue weighted by atomic mass is 10.2. The van der Waals surface area contributed by atoms with Crippen LogP contribution in [0.15, 0.2) is 84.0 Å². The fourth-order valence-corrected chi connectivity index (χ4v) is 2.35. The smallest absolute Gasteiger partial charge is 0.166 e. The molecule has 4 heteroatoms. The summed E-state index contributed by atoms with van der Waals surface area (Å²) >= 11 is 0. The Labute approximate surface area is 141 Å². The lowest BCUT2D eigenvalue weighted by Crippen LogP contribution is -2.09. The van der Waals surface area contributed by atoms with Crippen LogP contribution >= 0.6 is 0 Å². The molecule has 0 aliphatic heterocycles. The van der Waals surface area contributed by atoms with Crippen molar-refractivity contribution in [2.45, 2.75) is 0 Å². The van der Waals surface area contributed by atoms with E-state index in [0.29, 0.717) is 11.3 Å². The molecule has 3 aromatic rings. The monoisotopic (exact) mass is 318 g/mol. The van der Waals surface area contributed by atoms with Gasteiger partial charge in [0.25, 0.3) is 0 Å². The van der Waals surface area contributed by atoms with Crippen LogP contribution in [0.1, 0.15) is 5.56 Å². The van der Waals surface area contributed by atoms with E-state index in [2.05, 4.69) is 5.10 Å². The highest BCUT2D eigenvalue weighted by atomic mass is 16.5. The van der Waals surface area contributed by atoms with Gasteiger partial charge in [-0.2, -0.15) is 5.10 Å². The molecule has 0 amide bonds. The molecule has 0 aliphatic carbocycles. The first-order chi connectivity index (χ1) is 11.8. The Balaban J connectivity index is 1.99. The second kappa shape index (κ2) is 7.33. The van der Waals surface area contributed by atoms with E-state index in [-0.39, 0.29) is 5.75 Å². The van der Waals surface area contributed by atoms with Gasteiger partial charge in [0.05, 0.1) is 24.7 Å². The Morgan fingerprint density at radius 2 is 1.42 bits per heavy atom. The number of nitrogens with zero attached hydrogens (tertiary/aromatic N) is 2. The number of phenols is 1. The van der Waals surface area contributed by atoms with E-state index < -0.39 is 0 Å². The molecular formula is C20H18N2O2. The molecule has 3 aromatic carbocycles. The van der Waals surface area contributed by atoms with Crippen molar-refractivity contribution in [3.8, 4) is 11.5 Å². The highest BCUT2D eigenvalue weighted by Crippen LogP contribution is 2.29. The lowest BCUT2D eigenvalue weighted by molar-refractivity contribution is 0.373. The first-order valence-electron chi connectivity index (χ1n) is 7.60. The lowest BCUT2D eigenvalue weighted by Gasteiger charge is -2.19. The van der Waals surface area contributed by atoms with Crippen molar-refractivity contribution in [3.05, 3.63) is 84.4 Å². The minimum absolute atomic E-state index is 0.0739. The third kappa shape index (κ3) is 3.38. The zero-order valence-corrected chi connectivity index (χ0v) is 13.3. The van der Waals surface area contributed by atoms with Crippen molar-refractivity contribution in [1.29, 1.82) is 0 Å².